The Morgan fingerprint density at radius 2 is 1.95 bits per heavy atom. The summed E-state index contributed by atoms with van der Waals surface area (Å²) in [7, 11) is 0. The van der Waals surface area contributed by atoms with Crippen molar-refractivity contribution in [2.45, 2.75) is 32.7 Å². The molecule has 0 saturated carbocycles. The topological polar surface area (TPSA) is 57.6 Å². The number of nitrogens with zero attached hydrogens (tertiary/aromatic N) is 1. The summed E-state index contributed by atoms with van der Waals surface area (Å²) in [5.41, 5.74) is 1.35. The van der Waals surface area contributed by atoms with Crippen molar-refractivity contribution in [1.82, 2.24) is 4.90 Å². The number of hydrogen-bond donors (Lipinski definition) is 1. The summed E-state index contributed by atoms with van der Waals surface area (Å²) < 4.78 is 0. The maximum Gasteiger partial charge on any atom is 0.261 e. The molecule has 0 bridgehead atoms. The molecular formula is C15H19NO3. The Morgan fingerprint density at radius 3 is 2.58 bits per heavy atom. The number of fused-ring (bicyclic) bond motifs is 1. The first-order valence-electron chi connectivity index (χ1n) is 6.59. The number of rotatable bonds is 4. The first kappa shape index (κ1) is 13.7. The summed E-state index contributed by atoms with van der Waals surface area (Å²) in [4.78, 5) is 25.8. The Hall–Kier alpha value is -1.68. The fourth-order valence-corrected chi connectivity index (χ4v) is 2.55. The molecule has 0 radical (unpaired) electrons. The van der Waals surface area contributed by atoms with Crippen LogP contribution in [0.25, 0.3) is 0 Å². The number of benzene rings is 1. The number of amides is 2. The Morgan fingerprint density at radius 1 is 1.26 bits per heavy atom. The van der Waals surface area contributed by atoms with Crippen LogP contribution in [0.15, 0.2) is 24.3 Å². The van der Waals surface area contributed by atoms with E-state index in [0.29, 0.717) is 17.9 Å². The van der Waals surface area contributed by atoms with E-state index in [0.717, 1.165) is 5.56 Å². The zero-order valence-corrected chi connectivity index (χ0v) is 11.3. The molecule has 0 spiro atoms. The highest BCUT2D eigenvalue weighted by Gasteiger charge is 2.35. The van der Waals surface area contributed by atoms with Gasteiger partial charge in [0, 0.05) is 5.56 Å². The maximum atomic E-state index is 12.4. The van der Waals surface area contributed by atoms with Crippen molar-refractivity contribution in [2.75, 3.05) is 6.61 Å². The lowest BCUT2D eigenvalue weighted by Gasteiger charge is -2.33. The Kier molecular flexibility index (Phi) is 4.00. The third kappa shape index (κ3) is 2.68. The zero-order valence-electron chi connectivity index (χ0n) is 11.3. The van der Waals surface area contributed by atoms with E-state index < -0.39 is 6.04 Å². The molecule has 2 rings (SSSR count). The van der Waals surface area contributed by atoms with Gasteiger partial charge in [-0.05, 0) is 24.0 Å². The minimum absolute atomic E-state index is 0.183. The van der Waals surface area contributed by atoms with Crippen molar-refractivity contribution >= 4 is 11.8 Å². The standard InChI is InChI=1S/C15H19NO3/c1-10(2)7-12(9-17)16-14(18)8-11-5-3-4-6-13(11)15(16)19/h3-6,10,12,17H,7-9H2,1-2H3. The SMILES string of the molecule is CC(C)CC(CO)N1C(=O)Cc2ccccc2C1=O. The lowest BCUT2D eigenvalue weighted by atomic mass is 9.95. The predicted molar refractivity (Wildman–Crippen MR) is 71.7 cm³/mol. The van der Waals surface area contributed by atoms with Crippen LogP contribution in [0.1, 0.15) is 36.2 Å². The second-order valence-electron chi connectivity index (χ2n) is 5.37. The minimum atomic E-state index is -0.423. The molecule has 0 aliphatic carbocycles. The van der Waals surface area contributed by atoms with E-state index in [9.17, 15) is 14.7 Å². The highest BCUT2D eigenvalue weighted by atomic mass is 16.3. The van der Waals surface area contributed by atoms with Crippen LogP contribution in [0.2, 0.25) is 0 Å². The van der Waals surface area contributed by atoms with Crippen LogP contribution in [0.5, 0.6) is 0 Å². The first-order valence-corrected chi connectivity index (χ1v) is 6.59. The van der Waals surface area contributed by atoms with Crippen molar-refractivity contribution in [3.05, 3.63) is 35.4 Å². The lowest BCUT2D eigenvalue weighted by molar-refractivity contribution is -0.131. The normalized spacial score (nSPS) is 16.7. The quantitative estimate of drug-likeness (QED) is 0.838. The first-order chi connectivity index (χ1) is 9.04. The summed E-state index contributed by atoms with van der Waals surface area (Å²) in [5.74, 6) is -0.190. The van der Waals surface area contributed by atoms with Crippen LogP contribution in [0.3, 0.4) is 0 Å². The fraction of sp³-hybridized carbons (Fsp3) is 0.467. The molecule has 1 unspecified atom stereocenters. The molecule has 0 aromatic heterocycles. The van der Waals surface area contributed by atoms with E-state index in [2.05, 4.69) is 0 Å². The van der Waals surface area contributed by atoms with Gasteiger partial charge in [-0.3, -0.25) is 14.5 Å². The average molecular weight is 261 g/mol. The monoisotopic (exact) mass is 261 g/mol. The number of carbonyl (C=O) groups is 2. The summed E-state index contributed by atoms with van der Waals surface area (Å²) in [6, 6.07) is 6.74. The molecule has 1 aromatic carbocycles. The molecule has 0 fully saturated rings. The van der Waals surface area contributed by atoms with Crippen LogP contribution in [-0.4, -0.2) is 34.5 Å². The van der Waals surface area contributed by atoms with Crippen LogP contribution in [0.4, 0.5) is 0 Å². The third-order valence-electron chi connectivity index (χ3n) is 3.40. The van der Waals surface area contributed by atoms with Crippen LogP contribution < -0.4 is 0 Å². The highest BCUT2D eigenvalue weighted by Crippen LogP contribution is 2.23. The Bertz CT molecular complexity index is 496. The summed E-state index contributed by atoms with van der Waals surface area (Å²) >= 11 is 0. The Labute approximate surface area is 113 Å². The molecule has 1 atom stereocenters. The van der Waals surface area contributed by atoms with Crippen LogP contribution in [-0.2, 0) is 11.2 Å². The van der Waals surface area contributed by atoms with E-state index in [4.69, 9.17) is 0 Å². The van der Waals surface area contributed by atoms with Gasteiger partial charge in [-0.15, -0.1) is 0 Å². The molecule has 1 aliphatic heterocycles. The molecule has 1 N–H and O–H groups in total. The minimum Gasteiger partial charge on any atom is -0.394 e. The van der Waals surface area contributed by atoms with E-state index in [1.807, 2.05) is 19.9 Å². The van der Waals surface area contributed by atoms with Gasteiger partial charge in [0.1, 0.15) is 0 Å². The van der Waals surface area contributed by atoms with Crippen molar-refractivity contribution < 1.29 is 14.7 Å². The largest absolute Gasteiger partial charge is 0.394 e. The fourth-order valence-electron chi connectivity index (χ4n) is 2.55. The van der Waals surface area contributed by atoms with Gasteiger partial charge in [0.05, 0.1) is 19.1 Å². The Balaban J connectivity index is 2.32. The molecule has 4 nitrogen and oxygen atoms in total. The third-order valence-corrected chi connectivity index (χ3v) is 3.40. The van der Waals surface area contributed by atoms with Gasteiger partial charge >= 0.3 is 0 Å². The van der Waals surface area contributed by atoms with E-state index in [1.54, 1.807) is 18.2 Å². The number of imide groups is 1. The molecule has 4 heteroatoms. The molecule has 19 heavy (non-hydrogen) atoms. The van der Waals surface area contributed by atoms with Gasteiger partial charge < -0.3 is 5.11 Å². The van der Waals surface area contributed by atoms with Gasteiger partial charge in [0.2, 0.25) is 5.91 Å². The maximum absolute atomic E-state index is 12.4. The number of carbonyl (C=O) groups excluding carboxylic acids is 2. The zero-order chi connectivity index (χ0) is 14.0. The van der Waals surface area contributed by atoms with E-state index in [-0.39, 0.29) is 24.8 Å². The van der Waals surface area contributed by atoms with Gasteiger partial charge in [0.15, 0.2) is 0 Å². The molecule has 2 amide bonds. The second kappa shape index (κ2) is 5.53. The summed E-state index contributed by atoms with van der Waals surface area (Å²) in [5, 5.41) is 9.46. The number of aliphatic hydroxyl groups excluding tert-OH is 1. The van der Waals surface area contributed by atoms with Crippen molar-refractivity contribution in [3.63, 3.8) is 0 Å². The van der Waals surface area contributed by atoms with Crippen molar-refractivity contribution in [3.8, 4) is 0 Å². The summed E-state index contributed by atoms with van der Waals surface area (Å²) in [6.45, 7) is 3.84. The molecule has 1 aromatic rings. The molecule has 0 saturated heterocycles. The van der Waals surface area contributed by atoms with Gasteiger partial charge in [-0.25, -0.2) is 0 Å². The van der Waals surface area contributed by atoms with Crippen LogP contribution in [0, 0.1) is 5.92 Å². The average Bonchev–Trinajstić information content (AvgIpc) is 2.37. The van der Waals surface area contributed by atoms with Crippen molar-refractivity contribution in [2.24, 2.45) is 5.92 Å². The lowest BCUT2D eigenvalue weighted by Crippen LogP contribution is -2.50. The molecular weight excluding hydrogens is 242 g/mol. The van der Waals surface area contributed by atoms with Gasteiger partial charge in [0.25, 0.3) is 5.91 Å². The van der Waals surface area contributed by atoms with E-state index >= 15 is 0 Å². The smallest absolute Gasteiger partial charge is 0.261 e. The predicted octanol–water partition coefficient (Wildman–Crippen LogP) is 1.62. The number of aliphatic hydroxyl groups is 1. The summed E-state index contributed by atoms with van der Waals surface area (Å²) in [6.07, 6.45) is 0.854. The van der Waals surface area contributed by atoms with Gasteiger partial charge in [-0.2, -0.15) is 0 Å². The van der Waals surface area contributed by atoms with Crippen LogP contribution >= 0.6 is 0 Å². The molecule has 1 aliphatic rings. The highest BCUT2D eigenvalue weighted by molar-refractivity contribution is 6.09. The number of hydrogen-bond acceptors (Lipinski definition) is 3. The van der Waals surface area contributed by atoms with E-state index in [1.165, 1.54) is 4.90 Å². The second-order valence-corrected chi connectivity index (χ2v) is 5.37. The molecule has 102 valence electrons. The van der Waals surface area contributed by atoms with Crippen molar-refractivity contribution in [1.29, 1.82) is 0 Å². The molecule has 1 heterocycles. The van der Waals surface area contributed by atoms with Gasteiger partial charge in [-0.1, -0.05) is 32.0 Å².